The predicted molar refractivity (Wildman–Crippen MR) is 128 cm³/mol. The number of aliphatic hydroxyl groups excluding tert-OH is 1. The Labute approximate surface area is 198 Å². The number of carbonyl (C=O) groups is 1. The number of amides is 1. The highest BCUT2D eigenvalue weighted by molar-refractivity contribution is 6.00. The van der Waals surface area contributed by atoms with Crippen molar-refractivity contribution in [2.75, 3.05) is 32.9 Å². The van der Waals surface area contributed by atoms with Crippen molar-refractivity contribution in [1.29, 1.82) is 0 Å². The van der Waals surface area contributed by atoms with Crippen molar-refractivity contribution in [2.45, 2.75) is 37.6 Å². The Morgan fingerprint density at radius 3 is 2.68 bits per heavy atom. The first-order valence-electron chi connectivity index (χ1n) is 11.6. The van der Waals surface area contributed by atoms with Crippen LogP contribution in [0.3, 0.4) is 0 Å². The number of nitrogens with zero attached hydrogens (tertiary/aromatic N) is 5. The van der Waals surface area contributed by atoms with Crippen LogP contribution in [0.15, 0.2) is 58.6 Å². The normalized spacial score (nSPS) is 19.7. The summed E-state index contributed by atoms with van der Waals surface area (Å²) in [5, 5.41) is 12.7. The molecule has 1 amide bonds. The van der Waals surface area contributed by atoms with Crippen LogP contribution >= 0.6 is 0 Å². The molecule has 34 heavy (non-hydrogen) atoms. The van der Waals surface area contributed by atoms with Gasteiger partial charge in [-0.25, -0.2) is 4.99 Å². The molecule has 0 aromatic heterocycles. The summed E-state index contributed by atoms with van der Waals surface area (Å²) in [4.78, 5) is 23.4. The molecule has 1 saturated heterocycles. The first kappa shape index (κ1) is 23.6. The van der Waals surface area contributed by atoms with Crippen LogP contribution in [0.1, 0.15) is 36.8 Å². The Morgan fingerprint density at radius 2 is 1.94 bits per heavy atom. The van der Waals surface area contributed by atoms with Gasteiger partial charge in [-0.3, -0.25) is 4.79 Å². The van der Waals surface area contributed by atoms with Gasteiger partial charge in [0.05, 0.1) is 6.61 Å². The largest absolute Gasteiger partial charge is 0.494 e. The van der Waals surface area contributed by atoms with E-state index in [2.05, 4.69) is 10.0 Å². The average Bonchev–Trinajstić information content (AvgIpc) is 3.31. The maximum atomic E-state index is 13.8. The molecule has 2 aromatic rings. The summed E-state index contributed by atoms with van der Waals surface area (Å²) in [5.74, 6) is 1.05. The highest BCUT2D eigenvalue weighted by Crippen LogP contribution is 2.33. The number of aliphatic hydroxyl groups is 1. The molecular weight excluding hydrogens is 434 g/mol. The van der Waals surface area contributed by atoms with Gasteiger partial charge in [-0.15, -0.1) is 0 Å². The summed E-state index contributed by atoms with van der Waals surface area (Å²) in [6, 6.07) is 14.6. The quantitative estimate of drug-likeness (QED) is 0.260. The molecule has 178 valence electrons. The summed E-state index contributed by atoms with van der Waals surface area (Å²) in [6.45, 7) is 2.06. The number of hydrogen-bond acceptors (Lipinski definition) is 6. The second-order valence-electron chi connectivity index (χ2n) is 8.54. The number of carbonyl (C=O) groups excluding carboxylic acids is 1. The summed E-state index contributed by atoms with van der Waals surface area (Å²) in [5.41, 5.74) is 9.85. The second-order valence-corrected chi connectivity index (χ2v) is 8.54. The number of aliphatic imine (C=N–C) groups is 1. The number of likely N-dealkylation sites (tertiary alicyclic amines) is 1. The van der Waals surface area contributed by atoms with E-state index >= 15 is 0 Å². The molecule has 2 aromatic carbocycles. The molecule has 1 N–H and O–H groups in total. The van der Waals surface area contributed by atoms with Crippen molar-refractivity contribution >= 4 is 17.5 Å². The standard InChI is InChI=1S/C25H29N5O4/c26-29-28-22-8-3-2-7-20(22)17-25(24(32)30-13-4-1-5-14-30)18-34-23(27-25)19-9-11-21(12-10-19)33-16-6-15-31/h2-3,7-12,31H,1,4-6,13-18H2/t25-/m1/s1. The van der Waals surface area contributed by atoms with Crippen molar-refractivity contribution in [2.24, 2.45) is 10.1 Å². The Morgan fingerprint density at radius 1 is 1.18 bits per heavy atom. The number of azide groups is 1. The Bertz CT molecular complexity index is 1070. The maximum absolute atomic E-state index is 13.8. The molecular formula is C25H29N5O4. The predicted octanol–water partition coefficient (Wildman–Crippen LogP) is 4.16. The molecule has 1 atom stereocenters. The fraction of sp³-hybridized carbons (Fsp3) is 0.440. The lowest BCUT2D eigenvalue weighted by molar-refractivity contribution is -0.138. The van der Waals surface area contributed by atoms with Crippen molar-refractivity contribution < 1.29 is 19.4 Å². The van der Waals surface area contributed by atoms with E-state index in [1.807, 2.05) is 41.3 Å². The van der Waals surface area contributed by atoms with Crippen LogP contribution in [0, 0.1) is 0 Å². The van der Waals surface area contributed by atoms with Crippen molar-refractivity contribution in [3.05, 3.63) is 70.1 Å². The van der Waals surface area contributed by atoms with Gasteiger partial charge in [0.25, 0.3) is 5.91 Å². The number of benzene rings is 2. The van der Waals surface area contributed by atoms with Gasteiger partial charge in [-0.2, -0.15) is 0 Å². The van der Waals surface area contributed by atoms with Gasteiger partial charge in [0, 0.05) is 48.7 Å². The Hall–Kier alpha value is -3.55. The number of rotatable bonds is 9. The molecule has 1 fully saturated rings. The molecule has 2 heterocycles. The van der Waals surface area contributed by atoms with E-state index in [9.17, 15) is 4.79 Å². The van der Waals surface area contributed by atoms with Gasteiger partial charge in [0.1, 0.15) is 12.4 Å². The third-order valence-corrected chi connectivity index (χ3v) is 6.10. The van der Waals surface area contributed by atoms with Crippen molar-refractivity contribution in [3.63, 3.8) is 0 Å². The maximum Gasteiger partial charge on any atom is 0.254 e. The lowest BCUT2D eigenvalue weighted by Gasteiger charge is -2.34. The Kier molecular flexibility index (Phi) is 7.67. The first-order valence-corrected chi connectivity index (χ1v) is 11.6. The topological polar surface area (TPSA) is 120 Å². The van der Waals surface area contributed by atoms with E-state index in [4.69, 9.17) is 25.1 Å². The van der Waals surface area contributed by atoms with E-state index in [1.54, 1.807) is 12.1 Å². The van der Waals surface area contributed by atoms with Crippen LogP contribution < -0.4 is 4.74 Å². The molecule has 0 unspecified atom stereocenters. The minimum absolute atomic E-state index is 0.0538. The molecule has 9 nitrogen and oxygen atoms in total. The molecule has 0 radical (unpaired) electrons. The third kappa shape index (κ3) is 5.32. The zero-order valence-corrected chi connectivity index (χ0v) is 19.1. The summed E-state index contributed by atoms with van der Waals surface area (Å²) in [6.07, 6.45) is 3.92. The van der Waals surface area contributed by atoms with E-state index in [0.717, 1.165) is 30.4 Å². The van der Waals surface area contributed by atoms with Crippen LogP contribution in [-0.2, 0) is 16.0 Å². The van der Waals surface area contributed by atoms with Gasteiger partial charge in [-0.1, -0.05) is 29.4 Å². The smallest absolute Gasteiger partial charge is 0.254 e. The molecule has 0 spiro atoms. The van der Waals surface area contributed by atoms with Crippen LogP contribution in [0.4, 0.5) is 5.69 Å². The van der Waals surface area contributed by atoms with Gasteiger partial charge in [-0.05, 0) is 54.6 Å². The molecule has 9 heteroatoms. The lowest BCUT2D eigenvalue weighted by atomic mass is 9.89. The van der Waals surface area contributed by atoms with Crippen LogP contribution in [0.5, 0.6) is 5.75 Å². The summed E-state index contributed by atoms with van der Waals surface area (Å²) < 4.78 is 11.6. The molecule has 4 rings (SSSR count). The molecule has 0 saturated carbocycles. The van der Waals surface area contributed by atoms with Gasteiger partial charge < -0.3 is 19.5 Å². The van der Waals surface area contributed by atoms with Gasteiger partial charge in [0.2, 0.25) is 5.90 Å². The number of ether oxygens (including phenoxy) is 2. The van der Waals surface area contributed by atoms with Gasteiger partial charge in [0.15, 0.2) is 5.54 Å². The van der Waals surface area contributed by atoms with Gasteiger partial charge >= 0.3 is 0 Å². The minimum atomic E-state index is -1.12. The highest BCUT2D eigenvalue weighted by Gasteiger charge is 2.47. The average molecular weight is 464 g/mol. The molecule has 2 aliphatic heterocycles. The first-order chi connectivity index (χ1) is 16.6. The van der Waals surface area contributed by atoms with E-state index < -0.39 is 5.54 Å². The molecule has 0 aliphatic carbocycles. The van der Waals surface area contributed by atoms with Crippen molar-refractivity contribution in [1.82, 2.24) is 4.90 Å². The zero-order chi connectivity index (χ0) is 23.8. The monoisotopic (exact) mass is 463 g/mol. The zero-order valence-electron chi connectivity index (χ0n) is 19.1. The van der Waals surface area contributed by atoms with E-state index in [-0.39, 0.29) is 25.5 Å². The minimum Gasteiger partial charge on any atom is -0.494 e. The summed E-state index contributed by atoms with van der Waals surface area (Å²) >= 11 is 0. The fourth-order valence-electron chi connectivity index (χ4n) is 4.33. The van der Waals surface area contributed by atoms with Crippen LogP contribution in [0.2, 0.25) is 0 Å². The Balaban J connectivity index is 1.64. The third-order valence-electron chi connectivity index (χ3n) is 6.10. The fourth-order valence-corrected chi connectivity index (χ4v) is 4.33. The van der Waals surface area contributed by atoms with E-state index in [1.165, 1.54) is 0 Å². The van der Waals surface area contributed by atoms with Crippen molar-refractivity contribution in [3.8, 4) is 5.75 Å². The number of piperidine rings is 1. The lowest BCUT2D eigenvalue weighted by Crippen LogP contribution is -2.51. The SMILES string of the molecule is [N-]=[N+]=Nc1ccccc1C[C@]1(C(=O)N2CCCCC2)COC(c2ccc(OCCCO)cc2)=N1. The number of hydrogen-bond donors (Lipinski definition) is 1. The van der Waals surface area contributed by atoms with E-state index in [0.29, 0.717) is 43.5 Å². The summed E-state index contributed by atoms with van der Waals surface area (Å²) in [7, 11) is 0. The molecule has 0 bridgehead atoms. The molecule has 2 aliphatic rings. The highest BCUT2D eigenvalue weighted by atomic mass is 16.5. The van der Waals surface area contributed by atoms with Crippen LogP contribution in [0.25, 0.3) is 10.4 Å². The van der Waals surface area contributed by atoms with Crippen LogP contribution in [-0.4, -0.2) is 60.3 Å². The second kappa shape index (κ2) is 11.0.